The van der Waals surface area contributed by atoms with Gasteiger partial charge in [-0.05, 0) is 61.5 Å². The van der Waals surface area contributed by atoms with Crippen molar-refractivity contribution >= 4 is 11.7 Å². The van der Waals surface area contributed by atoms with Crippen molar-refractivity contribution in [1.82, 2.24) is 9.47 Å². The van der Waals surface area contributed by atoms with Crippen molar-refractivity contribution in [2.24, 2.45) is 17.8 Å². The van der Waals surface area contributed by atoms with Crippen LogP contribution in [0.15, 0.2) is 29.2 Å². The fourth-order valence-corrected chi connectivity index (χ4v) is 6.89. The first-order chi connectivity index (χ1) is 17.7. The van der Waals surface area contributed by atoms with Crippen LogP contribution in [0.2, 0.25) is 0 Å². The number of Topliss-reactive ketones (excluding diaryl/α,β-unsaturated/α-hetero) is 1. The number of pyridine rings is 1. The number of aryl methyl sites for hydroxylation is 1. The van der Waals surface area contributed by atoms with E-state index < -0.39 is 28.6 Å². The number of fused-ring (bicyclic) bond motifs is 4. The Hall–Kier alpha value is -3.03. The minimum Gasteiger partial charge on any atom is -0.503 e. The van der Waals surface area contributed by atoms with Crippen LogP contribution in [0.25, 0.3) is 0 Å². The molecule has 1 saturated carbocycles. The molecular weight excluding hydrogens is 478 g/mol. The molecule has 0 radical (unpaired) electrons. The first kappa shape index (κ1) is 25.6. The molecule has 5 rings (SSSR count). The van der Waals surface area contributed by atoms with Gasteiger partial charge in [0, 0.05) is 31.3 Å². The number of ketones is 1. The summed E-state index contributed by atoms with van der Waals surface area (Å²) in [5, 5.41) is 10.9. The van der Waals surface area contributed by atoms with E-state index in [0.29, 0.717) is 24.3 Å². The average Bonchev–Trinajstić information content (AvgIpc) is 2.85. The van der Waals surface area contributed by atoms with Crippen LogP contribution in [-0.4, -0.2) is 38.3 Å². The number of halogens is 2. The highest BCUT2D eigenvalue weighted by molar-refractivity contribution is 6.00. The van der Waals surface area contributed by atoms with Crippen LogP contribution in [0.5, 0.6) is 5.75 Å². The first-order valence-electron chi connectivity index (χ1n) is 13.4. The second-order valence-corrected chi connectivity index (χ2v) is 11.4. The zero-order chi connectivity index (χ0) is 26.4. The average molecular weight is 513 g/mol. The van der Waals surface area contributed by atoms with Crippen molar-refractivity contribution in [3.8, 4) is 5.75 Å². The Morgan fingerprint density at radius 2 is 1.89 bits per heavy atom. The maximum absolute atomic E-state index is 14.0. The number of carbonyl (C=O) groups excluding carboxylic acids is 2. The van der Waals surface area contributed by atoms with E-state index >= 15 is 0 Å². The highest BCUT2D eigenvalue weighted by atomic mass is 19.1. The highest BCUT2D eigenvalue weighted by Crippen LogP contribution is 2.45. The minimum atomic E-state index is -0.876. The van der Waals surface area contributed by atoms with Gasteiger partial charge >= 0.3 is 0 Å². The number of carbonyl (C=O) groups is 2. The van der Waals surface area contributed by atoms with E-state index in [-0.39, 0.29) is 47.7 Å². The second kappa shape index (κ2) is 10.0. The Kier molecular flexibility index (Phi) is 6.94. The smallest absolute Gasteiger partial charge is 0.275 e. The van der Waals surface area contributed by atoms with Gasteiger partial charge in [0.15, 0.2) is 17.2 Å². The molecular formula is C29H34F2N2O4. The molecule has 4 atom stereocenters. The fraction of sp³-hybridized carbons (Fsp3) is 0.552. The number of amides is 1. The third-order valence-electron chi connectivity index (χ3n) is 8.52. The number of aromatic hydroxyl groups is 1. The predicted octanol–water partition coefficient (Wildman–Crippen LogP) is 5.10. The maximum Gasteiger partial charge on any atom is 0.275 e. The molecule has 8 heteroatoms. The summed E-state index contributed by atoms with van der Waals surface area (Å²) in [6.45, 7) is 4.78. The summed E-state index contributed by atoms with van der Waals surface area (Å²) < 4.78 is 28.8. The molecule has 3 heterocycles. The molecule has 1 amide bonds. The number of hydrogen-bond donors (Lipinski definition) is 1. The van der Waals surface area contributed by atoms with Crippen LogP contribution in [0.4, 0.5) is 8.78 Å². The van der Waals surface area contributed by atoms with Crippen LogP contribution in [-0.2, 0) is 13.0 Å². The number of rotatable bonds is 6. The van der Waals surface area contributed by atoms with Gasteiger partial charge in [-0.15, -0.1) is 0 Å². The van der Waals surface area contributed by atoms with E-state index in [1.807, 2.05) is 4.90 Å². The molecule has 1 N–H and O–H groups in total. The van der Waals surface area contributed by atoms with E-state index in [4.69, 9.17) is 0 Å². The Morgan fingerprint density at radius 1 is 1.14 bits per heavy atom. The maximum atomic E-state index is 14.0. The van der Waals surface area contributed by atoms with E-state index in [1.54, 1.807) is 4.57 Å². The van der Waals surface area contributed by atoms with Crippen LogP contribution in [0.3, 0.4) is 0 Å². The molecule has 1 unspecified atom stereocenters. The molecule has 1 saturated heterocycles. The summed E-state index contributed by atoms with van der Waals surface area (Å²) in [5.41, 5.74) is -0.962. The number of nitrogens with zero attached hydrogens (tertiary/aromatic N) is 2. The van der Waals surface area contributed by atoms with Crippen molar-refractivity contribution in [2.45, 2.75) is 83.8 Å². The largest absolute Gasteiger partial charge is 0.503 e. The molecule has 1 aliphatic carbocycles. The minimum absolute atomic E-state index is 0.0121. The summed E-state index contributed by atoms with van der Waals surface area (Å²) in [7, 11) is 0. The lowest BCUT2D eigenvalue weighted by Gasteiger charge is -2.54. The van der Waals surface area contributed by atoms with E-state index in [0.717, 1.165) is 50.7 Å². The summed E-state index contributed by atoms with van der Waals surface area (Å²) in [6, 6.07) is 3.21. The topological polar surface area (TPSA) is 79.6 Å². The highest BCUT2D eigenvalue weighted by Gasteiger charge is 2.49. The molecule has 1 aromatic carbocycles. The number of piperidine rings is 1. The number of hydrogen-bond acceptors (Lipinski definition) is 4. The van der Waals surface area contributed by atoms with Crippen molar-refractivity contribution in [3.63, 3.8) is 0 Å². The monoisotopic (exact) mass is 512 g/mol. The molecule has 3 aliphatic rings. The standard InChI is InChI=1S/C29H34F2N2O4/c1-16(2)11-19-12-18-5-3-4-6-23(18)33-24(19)15-32-14-21(27(35)28(36)26(32)29(33)37)25(34)10-8-17-7-9-20(30)13-22(17)31/h7,9,13-14,16,18-19,23-24,36H,3-6,8,10-12,15H2,1-2H3/t18-,19?,23-,24-/m0/s1. The molecule has 1 aromatic heterocycles. The molecule has 198 valence electrons. The molecule has 0 bridgehead atoms. The van der Waals surface area contributed by atoms with Crippen molar-refractivity contribution in [2.75, 3.05) is 0 Å². The quantitative estimate of drug-likeness (QED) is 0.547. The van der Waals surface area contributed by atoms with E-state index in [2.05, 4.69) is 13.8 Å². The van der Waals surface area contributed by atoms with Gasteiger partial charge in [-0.3, -0.25) is 14.4 Å². The van der Waals surface area contributed by atoms with Crippen LogP contribution < -0.4 is 5.43 Å². The van der Waals surface area contributed by atoms with Gasteiger partial charge in [0.1, 0.15) is 11.6 Å². The molecule has 2 aliphatic heterocycles. The van der Waals surface area contributed by atoms with Crippen molar-refractivity contribution < 1.29 is 23.5 Å². The fourth-order valence-electron chi connectivity index (χ4n) is 6.89. The zero-order valence-electron chi connectivity index (χ0n) is 21.4. The Morgan fingerprint density at radius 3 is 2.62 bits per heavy atom. The van der Waals surface area contributed by atoms with Gasteiger partial charge in [0.05, 0.1) is 11.6 Å². The summed E-state index contributed by atoms with van der Waals surface area (Å²) in [5.74, 6) is -1.83. The summed E-state index contributed by atoms with van der Waals surface area (Å²) in [4.78, 5) is 41.8. The summed E-state index contributed by atoms with van der Waals surface area (Å²) >= 11 is 0. The van der Waals surface area contributed by atoms with Gasteiger partial charge in [-0.25, -0.2) is 8.78 Å². The third kappa shape index (κ3) is 4.71. The number of benzene rings is 1. The third-order valence-corrected chi connectivity index (χ3v) is 8.52. The Bertz CT molecular complexity index is 1290. The Labute approximate surface area is 215 Å². The lowest BCUT2D eigenvalue weighted by molar-refractivity contribution is -0.0286. The van der Waals surface area contributed by atoms with Gasteiger partial charge in [0.25, 0.3) is 5.91 Å². The van der Waals surface area contributed by atoms with Crippen LogP contribution >= 0.6 is 0 Å². The van der Waals surface area contributed by atoms with Crippen molar-refractivity contribution in [3.05, 3.63) is 63.1 Å². The van der Waals surface area contributed by atoms with E-state index in [9.17, 15) is 28.3 Å². The van der Waals surface area contributed by atoms with Crippen molar-refractivity contribution in [1.29, 1.82) is 0 Å². The zero-order valence-corrected chi connectivity index (χ0v) is 21.4. The normalized spacial score (nSPS) is 25.0. The van der Waals surface area contributed by atoms with Crippen LogP contribution in [0, 0.1) is 29.4 Å². The van der Waals surface area contributed by atoms with Gasteiger partial charge < -0.3 is 14.6 Å². The SMILES string of the molecule is CC(C)CC1C[C@@H]2CCCC[C@@H]2N2C(=O)c3c(O)c(=O)c(C(=O)CCc4ccc(F)cc4F)cn3C[C@@H]12. The predicted molar refractivity (Wildman–Crippen MR) is 135 cm³/mol. The number of aromatic nitrogens is 1. The van der Waals surface area contributed by atoms with Gasteiger partial charge in [-0.1, -0.05) is 32.8 Å². The van der Waals surface area contributed by atoms with Gasteiger partial charge in [0.2, 0.25) is 5.43 Å². The second-order valence-electron chi connectivity index (χ2n) is 11.4. The molecule has 6 nitrogen and oxygen atoms in total. The Balaban J connectivity index is 1.46. The molecule has 2 fully saturated rings. The summed E-state index contributed by atoms with van der Waals surface area (Å²) in [6.07, 6.45) is 7.50. The van der Waals surface area contributed by atoms with E-state index in [1.165, 1.54) is 12.3 Å². The lowest BCUT2D eigenvalue weighted by atomic mass is 9.69. The van der Waals surface area contributed by atoms with Crippen LogP contribution in [0.1, 0.15) is 85.2 Å². The molecule has 0 spiro atoms. The molecule has 37 heavy (non-hydrogen) atoms. The first-order valence-corrected chi connectivity index (χ1v) is 13.4. The lowest BCUT2D eigenvalue weighted by Crippen LogP contribution is -2.62. The molecule has 2 aromatic rings. The van der Waals surface area contributed by atoms with Gasteiger partial charge in [-0.2, -0.15) is 0 Å².